The number of carbonyl (C=O) groups excluding carboxylic acids is 3. The number of hydrogen-bond acceptors (Lipinski definition) is 6. The monoisotopic (exact) mass is 815 g/mol. The number of rotatable bonds is 45. The van der Waals surface area contributed by atoms with Crippen molar-refractivity contribution in [2.75, 3.05) is 13.2 Å². The van der Waals surface area contributed by atoms with Crippen LogP contribution in [0.15, 0.2) is 36.5 Å². The van der Waals surface area contributed by atoms with Crippen molar-refractivity contribution >= 4 is 17.9 Å². The first-order chi connectivity index (χ1) is 28.5. The molecule has 0 saturated heterocycles. The minimum Gasteiger partial charge on any atom is -0.462 e. The highest BCUT2D eigenvalue weighted by molar-refractivity contribution is 5.71. The molecule has 0 radical (unpaired) electrons. The smallest absolute Gasteiger partial charge is 0.306 e. The molecule has 0 aliphatic heterocycles. The molecule has 6 heteroatoms. The molecule has 1 atom stereocenters. The highest BCUT2D eigenvalue weighted by Gasteiger charge is 2.19. The van der Waals surface area contributed by atoms with Crippen LogP contribution in [0.4, 0.5) is 0 Å². The van der Waals surface area contributed by atoms with E-state index in [1.54, 1.807) is 0 Å². The standard InChI is InChI=1S/C52H94O6/c1-4-7-10-13-16-19-21-23-25-26-27-29-30-33-36-39-42-45-51(54)57-48-49(47-56-50(53)44-41-38-35-32-18-15-12-9-6-3)58-52(55)46-43-40-37-34-31-28-24-22-20-17-14-11-8-5-2/h16,19,23,25,27,29,49H,4-15,17-18,20-22,24,26,28,30-48H2,1-3H3/b19-16-,25-23-,29-27-/t49-/m1/s1. The van der Waals surface area contributed by atoms with Gasteiger partial charge in [0.15, 0.2) is 6.10 Å². The molecule has 0 spiro atoms. The molecule has 0 N–H and O–H groups in total. The molecule has 0 aromatic carbocycles. The van der Waals surface area contributed by atoms with Gasteiger partial charge >= 0.3 is 17.9 Å². The minimum absolute atomic E-state index is 0.0759. The zero-order valence-corrected chi connectivity index (χ0v) is 38.6. The average Bonchev–Trinajstić information content (AvgIpc) is 3.22. The highest BCUT2D eigenvalue weighted by Crippen LogP contribution is 2.15. The molecule has 6 nitrogen and oxygen atoms in total. The van der Waals surface area contributed by atoms with Gasteiger partial charge in [-0.2, -0.15) is 0 Å². The van der Waals surface area contributed by atoms with Crippen molar-refractivity contribution < 1.29 is 28.6 Å². The molecule has 58 heavy (non-hydrogen) atoms. The zero-order valence-electron chi connectivity index (χ0n) is 38.6. The van der Waals surface area contributed by atoms with E-state index in [-0.39, 0.29) is 31.1 Å². The average molecular weight is 815 g/mol. The summed E-state index contributed by atoms with van der Waals surface area (Å²) >= 11 is 0. The summed E-state index contributed by atoms with van der Waals surface area (Å²) in [6.07, 6.45) is 54.1. The SMILES string of the molecule is CCCCC/C=C\C/C=C\C/C=C\CCCCCCC(=O)OC[C@@H](COC(=O)CCCCCCCCCCC)OC(=O)CCCCCCCCCCCCCCCC. The van der Waals surface area contributed by atoms with Crippen LogP contribution in [0, 0.1) is 0 Å². The Morgan fingerprint density at radius 1 is 0.345 bits per heavy atom. The molecule has 0 rings (SSSR count). The number of unbranched alkanes of at least 4 members (excludes halogenated alkanes) is 28. The number of esters is 3. The summed E-state index contributed by atoms with van der Waals surface area (Å²) in [4.78, 5) is 37.8. The maximum absolute atomic E-state index is 12.7. The van der Waals surface area contributed by atoms with Crippen molar-refractivity contribution in [2.24, 2.45) is 0 Å². The predicted octanol–water partition coefficient (Wildman–Crippen LogP) is 16.1. The lowest BCUT2D eigenvalue weighted by Gasteiger charge is -2.18. The van der Waals surface area contributed by atoms with E-state index < -0.39 is 6.10 Å². The maximum atomic E-state index is 12.7. The molecule has 0 unspecified atom stereocenters. The third-order valence-corrected chi connectivity index (χ3v) is 10.9. The Hall–Kier alpha value is -2.37. The predicted molar refractivity (Wildman–Crippen MR) is 247 cm³/mol. The third kappa shape index (κ3) is 44.7. The first-order valence-electron chi connectivity index (χ1n) is 25.0. The van der Waals surface area contributed by atoms with E-state index in [0.29, 0.717) is 19.3 Å². The Labute approximate surface area is 359 Å². The van der Waals surface area contributed by atoms with Crippen molar-refractivity contribution in [1.82, 2.24) is 0 Å². The summed E-state index contributed by atoms with van der Waals surface area (Å²) in [5.41, 5.74) is 0. The highest BCUT2D eigenvalue weighted by atomic mass is 16.6. The van der Waals surface area contributed by atoms with E-state index in [1.165, 1.54) is 135 Å². The van der Waals surface area contributed by atoms with Gasteiger partial charge in [0.2, 0.25) is 0 Å². The van der Waals surface area contributed by atoms with Gasteiger partial charge in [-0.05, 0) is 57.8 Å². The van der Waals surface area contributed by atoms with Crippen LogP contribution in [-0.4, -0.2) is 37.2 Å². The molecule has 338 valence electrons. The van der Waals surface area contributed by atoms with Gasteiger partial charge in [0.05, 0.1) is 0 Å². The second-order valence-electron chi connectivity index (χ2n) is 16.7. The Balaban J connectivity index is 4.35. The van der Waals surface area contributed by atoms with Gasteiger partial charge in [0.25, 0.3) is 0 Å². The van der Waals surface area contributed by atoms with Crippen molar-refractivity contribution in [3.05, 3.63) is 36.5 Å². The fraction of sp³-hybridized carbons (Fsp3) is 0.827. The molecular weight excluding hydrogens is 721 g/mol. The Morgan fingerprint density at radius 3 is 1.00 bits per heavy atom. The molecule has 0 aromatic rings. The quantitative estimate of drug-likeness (QED) is 0.0264. The van der Waals surface area contributed by atoms with E-state index in [0.717, 1.165) is 83.5 Å². The van der Waals surface area contributed by atoms with E-state index in [1.807, 2.05) is 0 Å². The summed E-state index contributed by atoms with van der Waals surface area (Å²) < 4.78 is 16.7. The minimum atomic E-state index is -0.774. The lowest BCUT2D eigenvalue weighted by Crippen LogP contribution is -2.30. The topological polar surface area (TPSA) is 78.9 Å². The van der Waals surface area contributed by atoms with Crippen LogP contribution < -0.4 is 0 Å². The van der Waals surface area contributed by atoms with E-state index in [9.17, 15) is 14.4 Å². The number of carbonyl (C=O) groups is 3. The van der Waals surface area contributed by atoms with Crippen molar-refractivity contribution in [1.29, 1.82) is 0 Å². The summed E-state index contributed by atoms with van der Waals surface area (Å²) in [5, 5.41) is 0. The van der Waals surface area contributed by atoms with Crippen LogP contribution in [0.25, 0.3) is 0 Å². The van der Waals surface area contributed by atoms with Crippen molar-refractivity contribution in [2.45, 2.75) is 264 Å². The summed E-state index contributed by atoms with van der Waals surface area (Å²) in [6, 6.07) is 0. The van der Waals surface area contributed by atoms with Gasteiger partial charge in [-0.25, -0.2) is 0 Å². The lowest BCUT2D eigenvalue weighted by molar-refractivity contribution is -0.167. The second-order valence-corrected chi connectivity index (χ2v) is 16.7. The van der Waals surface area contributed by atoms with E-state index in [4.69, 9.17) is 14.2 Å². The van der Waals surface area contributed by atoms with Crippen LogP contribution in [0.3, 0.4) is 0 Å². The summed E-state index contributed by atoms with van der Waals surface area (Å²) in [6.45, 7) is 6.58. The maximum Gasteiger partial charge on any atom is 0.306 e. The molecule has 0 amide bonds. The summed E-state index contributed by atoms with van der Waals surface area (Å²) in [7, 11) is 0. The molecule has 0 aliphatic carbocycles. The number of ether oxygens (including phenoxy) is 3. The van der Waals surface area contributed by atoms with E-state index >= 15 is 0 Å². The molecule has 0 saturated carbocycles. The number of hydrogen-bond donors (Lipinski definition) is 0. The number of allylic oxidation sites excluding steroid dienone is 6. The zero-order chi connectivity index (χ0) is 42.3. The molecule has 0 fully saturated rings. The molecule has 0 aliphatic rings. The molecular formula is C52H94O6. The van der Waals surface area contributed by atoms with Gasteiger partial charge in [-0.3, -0.25) is 14.4 Å². The van der Waals surface area contributed by atoms with Gasteiger partial charge in [0, 0.05) is 19.3 Å². The van der Waals surface area contributed by atoms with Crippen LogP contribution in [0.2, 0.25) is 0 Å². The van der Waals surface area contributed by atoms with Gasteiger partial charge in [0.1, 0.15) is 13.2 Å². The van der Waals surface area contributed by atoms with Crippen LogP contribution in [0.1, 0.15) is 258 Å². The molecule has 0 aromatic heterocycles. The Morgan fingerprint density at radius 2 is 0.621 bits per heavy atom. The van der Waals surface area contributed by atoms with Crippen LogP contribution in [-0.2, 0) is 28.6 Å². The summed E-state index contributed by atoms with van der Waals surface area (Å²) in [5.74, 6) is -0.892. The molecule has 0 heterocycles. The largest absolute Gasteiger partial charge is 0.462 e. The van der Waals surface area contributed by atoms with Gasteiger partial charge in [-0.15, -0.1) is 0 Å². The third-order valence-electron chi connectivity index (χ3n) is 10.9. The molecule has 0 bridgehead atoms. The fourth-order valence-corrected chi connectivity index (χ4v) is 7.10. The van der Waals surface area contributed by atoms with Gasteiger partial charge < -0.3 is 14.2 Å². The van der Waals surface area contributed by atoms with Gasteiger partial charge in [-0.1, -0.05) is 218 Å². The van der Waals surface area contributed by atoms with Crippen LogP contribution >= 0.6 is 0 Å². The first-order valence-corrected chi connectivity index (χ1v) is 25.0. The first kappa shape index (κ1) is 55.6. The van der Waals surface area contributed by atoms with Crippen molar-refractivity contribution in [3.8, 4) is 0 Å². The normalized spacial score (nSPS) is 12.3. The Kier molecular flexibility index (Phi) is 45.4. The van der Waals surface area contributed by atoms with Crippen LogP contribution in [0.5, 0.6) is 0 Å². The second kappa shape index (κ2) is 47.3. The van der Waals surface area contributed by atoms with E-state index in [2.05, 4.69) is 57.2 Å². The Bertz CT molecular complexity index is 984. The fourth-order valence-electron chi connectivity index (χ4n) is 7.10. The lowest BCUT2D eigenvalue weighted by atomic mass is 10.0. The van der Waals surface area contributed by atoms with Crippen molar-refractivity contribution in [3.63, 3.8) is 0 Å².